The van der Waals surface area contributed by atoms with Crippen LogP contribution in [0.15, 0.2) is 18.2 Å². The molecule has 0 fully saturated rings. The van der Waals surface area contributed by atoms with E-state index in [-0.39, 0.29) is 12.6 Å². The highest BCUT2D eigenvalue weighted by Gasteiger charge is 2.11. The van der Waals surface area contributed by atoms with E-state index < -0.39 is 0 Å². The maximum Gasteiger partial charge on any atom is 0.122 e. The van der Waals surface area contributed by atoms with Gasteiger partial charge in [-0.15, -0.1) is 0 Å². The van der Waals surface area contributed by atoms with E-state index in [4.69, 9.17) is 15.6 Å². The predicted molar refractivity (Wildman–Crippen MR) is 59.0 cm³/mol. The Kier molecular flexibility index (Phi) is 3.23. The van der Waals surface area contributed by atoms with E-state index in [2.05, 4.69) is 6.07 Å². The number of aryl methyl sites for hydroxylation is 1. The predicted octanol–water partition coefficient (Wildman–Crippen LogP) is 0.874. The van der Waals surface area contributed by atoms with Gasteiger partial charge in [-0.25, -0.2) is 0 Å². The zero-order valence-corrected chi connectivity index (χ0v) is 8.78. The zero-order valence-electron chi connectivity index (χ0n) is 8.78. The van der Waals surface area contributed by atoms with E-state index in [9.17, 15) is 0 Å². The molecule has 1 aromatic carbocycles. The number of aliphatic hydroxyl groups is 1. The van der Waals surface area contributed by atoms with Crippen molar-refractivity contribution in [3.05, 3.63) is 29.3 Å². The van der Waals surface area contributed by atoms with Crippen molar-refractivity contribution in [2.24, 2.45) is 5.73 Å². The number of fused-ring (bicyclic) bond motifs is 1. The molecule has 1 atom stereocenters. The van der Waals surface area contributed by atoms with Gasteiger partial charge in [-0.2, -0.15) is 0 Å². The summed E-state index contributed by atoms with van der Waals surface area (Å²) in [6.45, 7) is 0.857. The molecule has 82 valence electrons. The van der Waals surface area contributed by atoms with Crippen LogP contribution in [-0.2, 0) is 12.8 Å². The van der Waals surface area contributed by atoms with Gasteiger partial charge < -0.3 is 15.6 Å². The minimum atomic E-state index is -0.160. The molecule has 0 aromatic heterocycles. The minimum Gasteiger partial charge on any atom is -0.493 e. The molecule has 0 aliphatic carbocycles. The highest BCUT2D eigenvalue weighted by atomic mass is 16.5. The summed E-state index contributed by atoms with van der Waals surface area (Å²) in [5.74, 6) is 1.00. The smallest absolute Gasteiger partial charge is 0.122 e. The summed E-state index contributed by atoms with van der Waals surface area (Å²) < 4.78 is 5.53. The lowest BCUT2D eigenvalue weighted by Crippen LogP contribution is -2.26. The molecular formula is C12H17NO2. The average molecular weight is 207 g/mol. The van der Waals surface area contributed by atoms with Crippen LogP contribution in [0.3, 0.4) is 0 Å². The molecule has 0 bridgehead atoms. The summed E-state index contributed by atoms with van der Waals surface area (Å²) in [5.41, 5.74) is 8.15. The fourth-order valence-electron chi connectivity index (χ4n) is 1.91. The van der Waals surface area contributed by atoms with Gasteiger partial charge in [0, 0.05) is 6.04 Å². The first kappa shape index (κ1) is 10.5. The first-order chi connectivity index (χ1) is 7.29. The van der Waals surface area contributed by atoms with Gasteiger partial charge in [-0.05, 0) is 36.5 Å². The number of hydrogen-bond donors (Lipinski definition) is 2. The Hall–Kier alpha value is -1.06. The number of nitrogens with two attached hydrogens (primary N) is 1. The normalized spacial score (nSPS) is 16.7. The number of ether oxygens (including phenoxy) is 1. The number of rotatable bonds is 3. The Bertz CT molecular complexity index is 338. The summed E-state index contributed by atoms with van der Waals surface area (Å²) in [6.07, 6.45) is 2.89. The lowest BCUT2D eigenvalue weighted by Gasteiger charge is -2.18. The molecular weight excluding hydrogens is 190 g/mol. The Morgan fingerprint density at radius 2 is 2.33 bits per heavy atom. The van der Waals surface area contributed by atoms with Crippen molar-refractivity contribution in [1.29, 1.82) is 0 Å². The molecule has 1 unspecified atom stereocenters. The standard InChI is InChI=1S/C12H17NO2/c13-11(8-14)7-9-3-4-12-10(6-9)2-1-5-15-12/h3-4,6,11,14H,1-2,5,7-8,13H2. The van der Waals surface area contributed by atoms with E-state index in [1.54, 1.807) is 0 Å². The number of hydrogen-bond acceptors (Lipinski definition) is 3. The summed E-state index contributed by atoms with van der Waals surface area (Å²) in [7, 11) is 0. The molecule has 1 aliphatic rings. The highest BCUT2D eigenvalue weighted by Crippen LogP contribution is 2.25. The quantitative estimate of drug-likeness (QED) is 0.773. The average Bonchev–Trinajstić information content (AvgIpc) is 2.29. The third-order valence-corrected chi connectivity index (χ3v) is 2.71. The van der Waals surface area contributed by atoms with Crippen molar-refractivity contribution in [1.82, 2.24) is 0 Å². The van der Waals surface area contributed by atoms with Gasteiger partial charge in [0.25, 0.3) is 0 Å². The van der Waals surface area contributed by atoms with Crippen LogP contribution in [0.2, 0.25) is 0 Å². The maximum atomic E-state index is 8.88. The Morgan fingerprint density at radius 1 is 1.47 bits per heavy atom. The molecule has 15 heavy (non-hydrogen) atoms. The number of aliphatic hydroxyl groups excluding tert-OH is 1. The maximum absolute atomic E-state index is 8.88. The highest BCUT2D eigenvalue weighted by molar-refractivity contribution is 5.38. The van der Waals surface area contributed by atoms with Crippen molar-refractivity contribution in [2.75, 3.05) is 13.2 Å². The fraction of sp³-hybridized carbons (Fsp3) is 0.500. The minimum absolute atomic E-state index is 0.0353. The van der Waals surface area contributed by atoms with Gasteiger partial charge in [0.2, 0.25) is 0 Å². The van der Waals surface area contributed by atoms with Crippen LogP contribution in [0.5, 0.6) is 5.75 Å². The van der Waals surface area contributed by atoms with Crippen molar-refractivity contribution in [2.45, 2.75) is 25.3 Å². The van der Waals surface area contributed by atoms with Crippen molar-refractivity contribution in [3.63, 3.8) is 0 Å². The molecule has 2 rings (SSSR count). The molecule has 1 aromatic rings. The Labute approximate surface area is 89.9 Å². The van der Waals surface area contributed by atoms with Crippen LogP contribution in [-0.4, -0.2) is 24.4 Å². The second kappa shape index (κ2) is 4.64. The van der Waals surface area contributed by atoms with Gasteiger partial charge in [-0.1, -0.05) is 12.1 Å². The molecule has 1 aliphatic heterocycles. The van der Waals surface area contributed by atoms with E-state index in [0.717, 1.165) is 31.6 Å². The van der Waals surface area contributed by atoms with E-state index >= 15 is 0 Å². The molecule has 3 heteroatoms. The third-order valence-electron chi connectivity index (χ3n) is 2.71. The van der Waals surface area contributed by atoms with Crippen molar-refractivity contribution in [3.8, 4) is 5.75 Å². The topological polar surface area (TPSA) is 55.5 Å². The van der Waals surface area contributed by atoms with Crippen molar-refractivity contribution >= 4 is 0 Å². The van der Waals surface area contributed by atoms with E-state index in [1.807, 2.05) is 12.1 Å². The Morgan fingerprint density at radius 3 is 3.13 bits per heavy atom. The molecule has 0 amide bonds. The second-order valence-electron chi connectivity index (χ2n) is 4.04. The molecule has 3 nitrogen and oxygen atoms in total. The first-order valence-corrected chi connectivity index (χ1v) is 5.40. The van der Waals surface area contributed by atoms with Crippen LogP contribution < -0.4 is 10.5 Å². The zero-order chi connectivity index (χ0) is 10.7. The molecule has 1 heterocycles. The summed E-state index contributed by atoms with van der Waals surface area (Å²) in [4.78, 5) is 0. The summed E-state index contributed by atoms with van der Waals surface area (Å²) in [6, 6.07) is 6.02. The third kappa shape index (κ3) is 2.49. The lowest BCUT2D eigenvalue weighted by molar-refractivity contribution is 0.265. The molecule has 0 saturated carbocycles. The molecule has 0 radical (unpaired) electrons. The lowest BCUT2D eigenvalue weighted by atomic mass is 10.00. The Balaban J connectivity index is 2.13. The number of benzene rings is 1. The van der Waals surface area contributed by atoms with Gasteiger partial charge in [0.1, 0.15) is 5.75 Å². The van der Waals surface area contributed by atoms with Gasteiger partial charge in [-0.3, -0.25) is 0 Å². The monoisotopic (exact) mass is 207 g/mol. The van der Waals surface area contributed by atoms with Crippen LogP contribution in [0.4, 0.5) is 0 Å². The SMILES string of the molecule is NC(CO)Cc1ccc2c(c1)CCCO2. The van der Waals surface area contributed by atoms with Crippen LogP contribution in [0.1, 0.15) is 17.5 Å². The van der Waals surface area contributed by atoms with Gasteiger partial charge in [0.15, 0.2) is 0 Å². The van der Waals surface area contributed by atoms with Crippen LogP contribution in [0, 0.1) is 0 Å². The van der Waals surface area contributed by atoms with Crippen LogP contribution in [0.25, 0.3) is 0 Å². The fourth-order valence-corrected chi connectivity index (χ4v) is 1.91. The summed E-state index contributed by atoms with van der Waals surface area (Å²) >= 11 is 0. The van der Waals surface area contributed by atoms with Gasteiger partial charge >= 0.3 is 0 Å². The molecule has 0 saturated heterocycles. The van der Waals surface area contributed by atoms with E-state index in [1.165, 1.54) is 11.1 Å². The molecule has 3 N–H and O–H groups in total. The largest absolute Gasteiger partial charge is 0.493 e. The van der Waals surface area contributed by atoms with Gasteiger partial charge in [0.05, 0.1) is 13.2 Å². The second-order valence-corrected chi connectivity index (χ2v) is 4.04. The van der Waals surface area contributed by atoms with E-state index in [0.29, 0.717) is 0 Å². The molecule has 0 spiro atoms. The summed E-state index contributed by atoms with van der Waals surface area (Å²) in [5, 5.41) is 8.88. The first-order valence-electron chi connectivity index (χ1n) is 5.40. The van der Waals surface area contributed by atoms with Crippen molar-refractivity contribution < 1.29 is 9.84 Å². The van der Waals surface area contributed by atoms with Crippen LogP contribution >= 0.6 is 0 Å².